The zero-order valence-electron chi connectivity index (χ0n) is 19.1. The normalized spacial score (nSPS) is 15.8. The van der Waals surface area contributed by atoms with E-state index in [0.717, 1.165) is 37.8 Å². The van der Waals surface area contributed by atoms with Gasteiger partial charge in [-0.3, -0.25) is 0 Å². The van der Waals surface area contributed by atoms with Crippen LogP contribution in [0.25, 0.3) is 10.9 Å². The highest BCUT2D eigenvalue weighted by Crippen LogP contribution is 2.35. The molecule has 3 heterocycles. The third-order valence-corrected chi connectivity index (χ3v) is 6.67. The number of carbonyl (C=O) groups is 1. The largest absolute Gasteiger partial charge is 0.478 e. The van der Waals surface area contributed by atoms with E-state index in [2.05, 4.69) is 32.8 Å². The average molecular weight is 459 g/mol. The number of para-hydroxylation sites is 1. The van der Waals surface area contributed by atoms with Gasteiger partial charge in [-0.25, -0.2) is 19.2 Å². The van der Waals surface area contributed by atoms with Crippen molar-refractivity contribution in [2.24, 2.45) is 7.05 Å². The first-order chi connectivity index (χ1) is 16.5. The summed E-state index contributed by atoms with van der Waals surface area (Å²) >= 11 is 0. The number of rotatable bonds is 7. The smallest absolute Gasteiger partial charge is 0.339 e. The summed E-state index contributed by atoms with van der Waals surface area (Å²) in [5.74, 6) is -0.771. The molecule has 1 atom stereocenters. The van der Waals surface area contributed by atoms with Crippen LogP contribution in [-0.2, 0) is 19.9 Å². The van der Waals surface area contributed by atoms with Crippen molar-refractivity contribution in [3.05, 3.63) is 89.1 Å². The Morgan fingerprint density at radius 2 is 2.03 bits per heavy atom. The Morgan fingerprint density at radius 3 is 2.85 bits per heavy atom. The van der Waals surface area contributed by atoms with E-state index in [9.17, 15) is 14.3 Å². The molecule has 4 aromatic rings. The lowest BCUT2D eigenvalue weighted by Gasteiger charge is -2.25. The molecular formula is C27H27FN4O2. The molecule has 6 nitrogen and oxygen atoms in total. The van der Waals surface area contributed by atoms with Gasteiger partial charge >= 0.3 is 5.97 Å². The highest BCUT2D eigenvalue weighted by Gasteiger charge is 2.29. The second kappa shape index (κ2) is 9.25. The van der Waals surface area contributed by atoms with Crippen LogP contribution >= 0.6 is 0 Å². The third-order valence-electron chi connectivity index (χ3n) is 6.67. The summed E-state index contributed by atoms with van der Waals surface area (Å²) in [6, 6.07) is 14.9. The molecule has 0 saturated carbocycles. The lowest BCUT2D eigenvalue weighted by molar-refractivity contribution is 0.0694. The van der Waals surface area contributed by atoms with E-state index in [-0.39, 0.29) is 17.4 Å². The number of anilines is 1. The first-order valence-corrected chi connectivity index (χ1v) is 11.7. The zero-order chi connectivity index (χ0) is 23.7. The Hall–Kier alpha value is -3.74. The predicted molar refractivity (Wildman–Crippen MR) is 130 cm³/mol. The number of halogens is 1. The molecule has 2 aromatic heterocycles. The minimum absolute atomic E-state index is 0.0186. The van der Waals surface area contributed by atoms with Crippen LogP contribution in [0.4, 0.5) is 10.3 Å². The first-order valence-electron chi connectivity index (χ1n) is 11.7. The van der Waals surface area contributed by atoms with E-state index in [1.165, 1.54) is 28.7 Å². The van der Waals surface area contributed by atoms with Crippen molar-refractivity contribution in [1.82, 2.24) is 14.5 Å². The fourth-order valence-electron chi connectivity index (χ4n) is 5.05. The van der Waals surface area contributed by atoms with E-state index in [4.69, 9.17) is 4.98 Å². The van der Waals surface area contributed by atoms with Gasteiger partial charge in [0.1, 0.15) is 5.82 Å². The van der Waals surface area contributed by atoms with Crippen molar-refractivity contribution in [3.63, 3.8) is 0 Å². The van der Waals surface area contributed by atoms with Gasteiger partial charge in [-0.2, -0.15) is 0 Å². The molecule has 0 amide bonds. The predicted octanol–water partition coefficient (Wildman–Crippen LogP) is 5.32. The molecule has 0 bridgehead atoms. The molecule has 0 aliphatic carbocycles. The highest BCUT2D eigenvalue weighted by molar-refractivity contribution is 5.88. The van der Waals surface area contributed by atoms with E-state index >= 15 is 0 Å². The van der Waals surface area contributed by atoms with Gasteiger partial charge in [-0.05, 0) is 61.4 Å². The maximum absolute atomic E-state index is 13.8. The van der Waals surface area contributed by atoms with Crippen LogP contribution < -0.4 is 4.90 Å². The van der Waals surface area contributed by atoms with Crippen molar-refractivity contribution < 1.29 is 14.3 Å². The SMILES string of the molecule is Cn1cc(CCCc2nc(N3CCC[C@@H]3c3cccc(F)c3)ncc2C(=O)O)c2ccccc21. The molecule has 0 unspecified atom stereocenters. The Balaban J connectivity index is 1.38. The summed E-state index contributed by atoms with van der Waals surface area (Å²) in [5, 5.41) is 10.9. The van der Waals surface area contributed by atoms with Crippen molar-refractivity contribution in [3.8, 4) is 0 Å². The summed E-state index contributed by atoms with van der Waals surface area (Å²) < 4.78 is 15.9. The van der Waals surface area contributed by atoms with Crippen molar-refractivity contribution in [2.45, 2.75) is 38.1 Å². The van der Waals surface area contributed by atoms with Crippen LogP contribution in [0, 0.1) is 5.82 Å². The van der Waals surface area contributed by atoms with Crippen molar-refractivity contribution in [1.29, 1.82) is 0 Å². The van der Waals surface area contributed by atoms with Crippen LogP contribution in [0.2, 0.25) is 0 Å². The number of fused-ring (bicyclic) bond motifs is 1. The number of benzene rings is 2. The monoisotopic (exact) mass is 458 g/mol. The first kappa shape index (κ1) is 22.1. The van der Waals surface area contributed by atoms with E-state index < -0.39 is 5.97 Å². The molecule has 7 heteroatoms. The van der Waals surface area contributed by atoms with Crippen LogP contribution in [-0.4, -0.2) is 32.2 Å². The molecule has 5 rings (SSSR count). The minimum Gasteiger partial charge on any atom is -0.478 e. The third kappa shape index (κ3) is 4.25. The second-order valence-corrected chi connectivity index (χ2v) is 8.88. The molecule has 34 heavy (non-hydrogen) atoms. The van der Waals surface area contributed by atoms with Crippen LogP contribution in [0.1, 0.15) is 52.5 Å². The van der Waals surface area contributed by atoms with E-state index in [1.54, 1.807) is 12.1 Å². The van der Waals surface area contributed by atoms with E-state index in [1.807, 2.05) is 25.2 Å². The zero-order valence-corrected chi connectivity index (χ0v) is 19.1. The number of aryl methyl sites for hydroxylation is 3. The molecule has 1 saturated heterocycles. The summed E-state index contributed by atoms with van der Waals surface area (Å²) in [5.41, 5.74) is 4.01. The Labute approximate surface area is 197 Å². The second-order valence-electron chi connectivity index (χ2n) is 8.88. The standard InChI is InChI=1S/C27H27FN4O2/c1-31-17-19(21-10-2-3-12-25(21)31)8-5-11-23-22(26(33)34)16-29-27(30-23)32-14-6-13-24(32)18-7-4-9-20(28)15-18/h2-4,7,9-10,12,15-17,24H,5-6,8,11,13-14H2,1H3,(H,33,34)/t24-/m1/s1. The average Bonchev–Trinajstić information content (AvgIpc) is 3.44. The maximum atomic E-state index is 13.8. The summed E-state index contributed by atoms with van der Waals surface area (Å²) in [6.45, 7) is 0.753. The van der Waals surface area contributed by atoms with Crippen LogP contribution in [0.3, 0.4) is 0 Å². The molecule has 0 spiro atoms. The molecule has 174 valence electrons. The van der Waals surface area contributed by atoms with Gasteiger partial charge in [0.2, 0.25) is 5.95 Å². The number of carboxylic acid groups (broad SMARTS) is 1. The number of aromatic nitrogens is 3. The topological polar surface area (TPSA) is 71.2 Å². The molecular weight excluding hydrogens is 431 g/mol. The number of hydrogen-bond donors (Lipinski definition) is 1. The van der Waals surface area contributed by atoms with Crippen LogP contribution in [0.15, 0.2) is 60.9 Å². The molecule has 0 radical (unpaired) electrons. The lowest BCUT2D eigenvalue weighted by atomic mass is 10.0. The Morgan fingerprint density at radius 1 is 1.18 bits per heavy atom. The minimum atomic E-state index is -1.02. The fourth-order valence-corrected chi connectivity index (χ4v) is 5.05. The molecule has 1 N–H and O–H groups in total. The van der Waals surface area contributed by atoms with E-state index in [0.29, 0.717) is 18.1 Å². The van der Waals surface area contributed by atoms with Gasteiger partial charge in [0.05, 0.1) is 17.3 Å². The summed E-state index contributed by atoms with van der Waals surface area (Å²) in [7, 11) is 2.04. The Kier molecular flexibility index (Phi) is 6.01. The van der Waals surface area contributed by atoms with Gasteiger partial charge in [0, 0.05) is 36.9 Å². The number of carboxylic acids is 1. The molecule has 1 aliphatic rings. The molecule has 2 aromatic carbocycles. The molecule has 1 aliphatic heterocycles. The molecule has 1 fully saturated rings. The van der Waals surface area contributed by atoms with Crippen LogP contribution in [0.5, 0.6) is 0 Å². The number of nitrogens with zero attached hydrogens (tertiary/aromatic N) is 4. The van der Waals surface area contributed by atoms with Gasteiger partial charge < -0.3 is 14.6 Å². The van der Waals surface area contributed by atoms with Gasteiger partial charge in [0.15, 0.2) is 0 Å². The summed E-state index contributed by atoms with van der Waals surface area (Å²) in [4.78, 5) is 23.0. The van der Waals surface area contributed by atoms with Crippen molar-refractivity contribution in [2.75, 3.05) is 11.4 Å². The van der Waals surface area contributed by atoms with Gasteiger partial charge in [-0.15, -0.1) is 0 Å². The highest BCUT2D eigenvalue weighted by atomic mass is 19.1. The number of hydrogen-bond acceptors (Lipinski definition) is 4. The summed E-state index contributed by atoms with van der Waals surface area (Å²) in [6.07, 6.45) is 7.53. The van der Waals surface area contributed by atoms with Crippen molar-refractivity contribution >= 4 is 22.8 Å². The fraction of sp³-hybridized carbons (Fsp3) is 0.296. The van der Waals surface area contributed by atoms with Gasteiger partial charge in [-0.1, -0.05) is 30.3 Å². The number of aromatic carboxylic acids is 1. The van der Waals surface area contributed by atoms with Gasteiger partial charge in [0.25, 0.3) is 0 Å². The Bertz CT molecular complexity index is 1350. The maximum Gasteiger partial charge on any atom is 0.339 e. The lowest BCUT2D eigenvalue weighted by Crippen LogP contribution is -2.25. The quantitative estimate of drug-likeness (QED) is 0.406.